The Hall–Kier alpha value is -1.52. The van der Waals surface area contributed by atoms with E-state index in [-0.39, 0.29) is 11.5 Å². The van der Waals surface area contributed by atoms with Crippen LogP contribution in [0.1, 0.15) is 19.5 Å². The topological polar surface area (TPSA) is 76.2 Å². The van der Waals surface area contributed by atoms with Crippen molar-refractivity contribution in [3.8, 4) is 0 Å². The highest BCUT2D eigenvalue weighted by Crippen LogP contribution is 1.96. The lowest BCUT2D eigenvalue weighted by Gasteiger charge is -2.02. The molecule has 0 unspecified atom stereocenters. The van der Waals surface area contributed by atoms with E-state index in [9.17, 15) is 4.79 Å². The van der Waals surface area contributed by atoms with Gasteiger partial charge in [-0.25, -0.2) is 0 Å². The molecule has 1 heterocycles. The number of aromatic nitrogens is 2. The van der Waals surface area contributed by atoms with Crippen molar-refractivity contribution in [1.82, 2.24) is 9.78 Å². The van der Waals surface area contributed by atoms with E-state index >= 15 is 0 Å². The number of hydrogen-bond acceptors (Lipinski definition) is 2. The number of nitrogens with zero attached hydrogens (tertiary/aromatic N) is 2. The summed E-state index contributed by atoms with van der Waals surface area (Å²) in [5.74, 6) is 0.847. The molecule has 0 saturated carbocycles. The van der Waals surface area contributed by atoms with Crippen LogP contribution < -0.4 is 11.3 Å². The van der Waals surface area contributed by atoms with Gasteiger partial charge < -0.3 is 5.73 Å². The van der Waals surface area contributed by atoms with Crippen LogP contribution in [0.4, 0.5) is 0 Å². The zero-order chi connectivity index (χ0) is 10.7. The molecule has 0 amide bonds. The molecule has 0 bridgehead atoms. The minimum absolute atomic E-state index is 0.0571. The average molecular weight is 196 g/mol. The first-order valence-corrected chi connectivity index (χ1v) is 4.55. The minimum atomic E-state index is -0.0571. The van der Waals surface area contributed by atoms with E-state index in [0.717, 1.165) is 5.69 Å². The third-order valence-electron chi connectivity index (χ3n) is 1.96. The number of hydrogen-bond donors (Lipinski definition) is 2. The zero-order valence-corrected chi connectivity index (χ0v) is 8.74. The van der Waals surface area contributed by atoms with Crippen LogP contribution in [0, 0.1) is 5.92 Å². The summed E-state index contributed by atoms with van der Waals surface area (Å²) >= 11 is 0. The van der Waals surface area contributed by atoms with Crippen LogP contribution in [-0.4, -0.2) is 15.6 Å². The fourth-order valence-corrected chi connectivity index (χ4v) is 0.989. The van der Waals surface area contributed by atoms with Gasteiger partial charge in [-0.2, -0.15) is 0 Å². The number of H-pyrrole nitrogens is 1. The number of nitrogens with two attached hydrogens (primary N) is 1. The second kappa shape index (κ2) is 4.13. The van der Waals surface area contributed by atoms with E-state index in [1.54, 1.807) is 7.05 Å². The van der Waals surface area contributed by atoms with Gasteiger partial charge in [-0.1, -0.05) is 13.8 Å². The van der Waals surface area contributed by atoms with Gasteiger partial charge in [0.15, 0.2) is 0 Å². The second-order valence-electron chi connectivity index (χ2n) is 3.57. The van der Waals surface area contributed by atoms with Crippen molar-refractivity contribution < 1.29 is 0 Å². The summed E-state index contributed by atoms with van der Waals surface area (Å²) < 4.78 is 1.41. The van der Waals surface area contributed by atoms with Crippen LogP contribution in [0.3, 0.4) is 0 Å². The molecule has 0 saturated heterocycles. The summed E-state index contributed by atoms with van der Waals surface area (Å²) in [4.78, 5) is 15.2. The van der Waals surface area contributed by atoms with Crippen LogP contribution in [0.5, 0.6) is 0 Å². The molecule has 0 atom stereocenters. The maximum Gasteiger partial charge on any atom is 0.266 e. The maximum atomic E-state index is 11.1. The minimum Gasteiger partial charge on any atom is -0.387 e. The summed E-state index contributed by atoms with van der Waals surface area (Å²) in [7, 11) is 1.67. The highest BCUT2D eigenvalue weighted by atomic mass is 16.1. The largest absolute Gasteiger partial charge is 0.387 e. The third kappa shape index (κ3) is 2.48. The van der Waals surface area contributed by atoms with Crippen LogP contribution in [0.2, 0.25) is 0 Å². The van der Waals surface area contributed by atoms with Gasteiger partial charge in [-0.3, -0.25) is 19.6 Å². The number of amidine groups is 1. The quantitative estimate of drug-likeness (QED) is 0.536. The van der Waals surface area contributed by atoms with E-state index in [2.05, 4.69) is 10.1 Å². The van der Waals surface area contributed by atoms with Gasteiger partial charge in [0.05, 0.1) is 18.1 Å². The molecule has 0 spiro atoms. The monoisotopic (exact) mass is 196 g/mol. The molecule has 0 aliphatic rings. The number of nitrogens with one attached hydrogen (secondary N) is 1. The van der Waals surface area contributed by atoms with Crippen LogP contribution in [0.25, 0.3) is 0 Å². The van der Waals surface area contributed by atoms with Gasteiger partial charge in [0.1, 0.15) is 0 Å². The van der Waals surface area contributed by atoms with Crippen LogP contribution in [0.15, 0.2) is 15.9 Å². The van der Waals surface area contributed by atoms with Crippen molar-refractivity contribution in [1.29, 1.82) is 0 Å². The summed E-state index contributed by atoms with van der Waals surface area (Å²) in [5, 5.41) is 2.88. The molecule has 0 radical (unpaired) electrons. The highest BCUT2D eigenvalue weighted by molar-refractivity contribution is 5.82. The van der Waals surface area contributed by atoms with Crippen molar-refractivity contribution in [2.45, 2.75) is 20.4 Å². The second-order valence-corrected chi connectivity index (χ2v) is 3.57. The Labute approximate surface area is 82.6 Å². The van der Waals surface area contributed by atoms with Gasteiger partial charge in [0, 0.05) is 19.0 Å². The number of aliphatic imine (C=N–C) groups is 1. The molecule has 1 aromatic rings. The summed E-state index contributed by atoms with van der Waals surface area (Å²) in [6.07, 6.45) is 0. The summed E-state index contributed by atoms with van der Waals surface area (Å²) in [5.41, 5.74) is 6.38. The molecule has 0 aliphatic carbocycles. The molecule has 0 aliphatic heterocycles. The maximum absolute atomic E-state index is 11.1. The zero-order valence-electron chi connectivity index (χ0n) is 8.74. The predicted molar refractivity (Wildman–Crippen MR) is 56.2 cm³/mol. The van der Waals surface area contributed by atoms with E-state index in [1.807, 2.05) is 13.8 Å². The van der Waals surface area contributed by atoms with Crippen molar-refractivity contribution in [2.75, 3.05) is 0 Å². The van der Waals surface area contributed by atoms with Crippen molar-refractivity contribution in [3.63, 3.8) is 0 Å². The van der Waals surface area contributed by atoms with Gasteiger partial charge in [0.2, 0.25) is 0 Å². The lowest BCUT2D eigenvalue weighted by atomic mass is 10.2. The molecule has 0 fully saturated rings. The number of aromatic amines is 1. The SMILES string of the molecule is CC(C)C(N)=NCc1cc(=O)n(C)[nH]1. The molecule has 0 aromatic carbocycles. The lowest BCUT2D eigenvalue weighted by molar-refractivity contribution is 0.719. The molecule has 1 aromatic heterocycles. The molecule has 1 rings (SSSR count). The summed E-state index contributed by atoms with van der Waals surface area (Å²) in [6, 6.07) is 1.52. The Kier molecular flexibility index (Phi) is 3.11. The molecule has 14 heavy (non-hydrogen) atoms. The van der Waals surface area contributed by atoms with Crippen molar-refractivity contribution >= 4 is 5.84 Å². The van der Waals surface area contributed by atoms with Gasteiger partial charge in [0.25, 0.3) is 5.56 Å². The highest BCUT2D eigenvalue weighted by Gasteiger charge is 2.01. The fourth-order valence-electron chi connectivity index (χ4n) is 0.989. The lowest BCUT2D eigenvalue weighted by Crippen LogP contribution is -2.18. The number of rotatable bonds is 3. The van der Waals surface area contributed by atoms with Gasteiger partial charge >= 0.3 is 0 Å². The Balaban J connectivity index is 2.71. The molecule has 78 valence electrons. The van der Waals surface area contributed by atoms with Gasteiger partial charge in [-0.15, -0.1) is 0 Å². The first-order chi connectivity index (χ1) is 6.50. The first-order valence-electron chi connectivity index (χ1n) is 4.55. The molecule has 5 nitrogen and oxygen atoms in total. The Morgan fingerprint density at radius 3 is 2.79 bits per heavy atom. The molecular weight excluding hydrogens is 180 g/mol. The standard InChI is InChI=1S/C9H16N4O/c1-6(2)9(10)11-5-7-4-8(14)13(3)12-7/h4,6,12H,5H2,1-3H3,(H2,10,11). The van der Waals surface area contributed by atoms with Crippen LogP contribution >= 0.6 is 0 Å². The Bertz CT molecular complexity index is 386. The molecule has 3 N–H and O–H groups in total. The fraction of sp³-hybridized carbons (Fsp3) is 0.556. The van der Waals surface area contributed by atoms with E-state index < -0.39 is 0 Å². The summed E-state index contributed by atoms with van der Waals surface area (Å²) in [6.45, 7) is 4.39. The van der Waals surface area contributed by atoms with Crippen LogP contribution in [-0.2, 0) is 13.6 Å². The average Bonchev–Trinajstić information content (AvgIpc) is 2.42. The van der Waals surface area contributed by atoms with Crippen molar-refractivity contribution in [3.05, 3.63) is 22.1 Å². The van der Waals surface area contributed by atoms with E-state index in [1.165, 1.54) is 10.7 Å². The third-order valence-corrected chi connectivity index (χ3v) is 1.96. The Morgan fingerprint density at radius 1 is 1.71 bits per heavy atom. The van der Waals surface area contributed by atoms with Crippen molar-refractivity contribution in [2.24, 2.45) is 23.7 Å². The van der Waals surface area contributed by atoms with Gasteiger partial charge in [-0.05, 0) is 0 Å². The first kappa shape index (κ1) is 10.6. The van der Waals surface area contributed by atoms with E-state index in [4.69, 9.17) is 5.73 Å². The van der Waals surface area contributed by atoms with E-state index in [0.29, 0.717) is 12.4 Å². The smallest absolute Gasteiger partial charge is 0.266 e. The molecule has 5 heteroatoms. The Morgan fingerprint density at radius 2 is 2.36 bits per heavy atom. The normalized spacial score (nSPS) is 12.4. The predicted octanol–water partition coefficient (Wildman–Crippen LogP) is 0.227. The number of aryl methyl sites for hydroxylation is 1. The molecular formula is C9H16N4O.